The minimum Gasteiger partial charge on any atom is -0.361 e. The van der Waals surface area contributed by atoms with Gasteiger partial charge in [-0.2, -0.15) is 0 Å². The first-order chi connectivity index (χ1) is 19.7. The second-order valence-corrected chi connectivity index (χ2v) is 10.7. The number of aromatic amines is 1. The van der Waals surface area contributed by atoms with Crippen LogP contribution in [0.4, 0.5) is 0 Å². The number of benzene rings is 4. The van der Waals surface area contributed by atoms with E-state index in [4.69, 9.17) is 0 Å². The summed E-state index contributed by atoms with van der Waals surface area (Å²) in [5, 5.41) is 1.22. The molecule has 1 atom stereocenters. The Kier molecular flexibility index (Phi) is 7.78. The van der Waals surface area contributed by atoms with Crippen molar-refractivity contribution in [3.63, 3.8) is 0 Å². The average molecular weight is 528 g/mol. The molecule has 0 radical (unpaired) electrons. The van der Waals surface area contributed by atoms with E-state index in [9.17, 15) is 4.79 Å². The van der Waals surface area contributed by atoms with Gasteiger partial charge in [0.2, 0.25) is 5.91 Å². The lowest BCUT2D eigenvalue weighted by molar-refractivity contribution is -0.133. The summed E-state index contributed by atoms with van der Waals surface area (Å²) < 4.78 is 0. The number of aromatic nitrogens is 1. The third-order valence-corrected chi connectivity index (χ3v) is 8.43. The predicted octanol–water partition coefficient (Wildman–Crippen LogP) is 7.19. The van der Waals surface area contributed by atoms with Crippen LogP contribution in [-0.4, -0.2) is 46.9 Å². The third-order valence-electron chi connectivity index (χ3n) is 8.43. The largest absolute Gasteiger partial charge is 0.361 e. The Hall–Kier alpha value is -4.15. The molecule has 4 heteroatoms. The number of fused-ring (bicyclic) bond motifs is 1. The lowest BCUT2D eigenvalue weighted by Crippen LogP contribution is -2.50. The lowest BCUT2D eigenvalue weighted by Gasteiger charge is -2.40. The molecule has 1 amide bonds. The number of hydrogen-bond acceptors (Lipinski definition) is 2. The smallest absolute Gasteiger partial charge is 0.223 e. The van der Waals surface area contributed by atoms with E-state index in [1.165, 1.54) is 38.7 Å². The first kappa shape index (κ1) is 26.1. The van der Waals surface area contributed by atoms with Crippen molar-refractivity contribution in [2.45, 2.75) is 31.7 Å². The van der Waals surface area contributed by atoms with Gasteiger partial charge >= 0.3 is 0 Å². The molecule has 1 unspecified atom stereocenters. The van der Waals surface area contributed by atoms with Gasteiger partial charge in [0.25, 0.3) is 0 Å². The van der Waals surface area contributed by atoms with Crippen molar-refractivity contribution >= 4 is 16.8 Å². The van der Waals surface area contributed by atoms with E-state index in [2.05, 4.69) is 131 Å². The van der Waals surface area contributed by atoms with Gasteiger partial charge in [-0.25, -0.2) is 0 Å². The maximum absolute atomic E-state index is 13.8. The molecule has 6 rings (SSSR count). The highest BCUT2D eigenvalue weighted by molar-refractivity contribution is 5.88. The van der Waals surface area contributed by atoms with Crippen LogP contribution in [0.3, 0.4) is 0 Å². The Bertz CT molecular complexity index is 1500. The topological polar surface area (TPSA) is 39.3 Å². The maximum atomic E-state index is 13.8. The normalized spacial score (nSPS) is 15.0. The van der Waals surface area contributed by atoms with Crippen LogP contribution in [0.2, 0.25) is 0 Å². The van der Waals surface area contributed by atoms with Crippen LogP contribution in [0.1, 0.15) is 53.1 Å². The van der Waals surface area contributed by atoms with Crippen molar-refractivity contribution in [1.82, 2.24) is 14.8 Å². The van der Waals surface area contributed by atoms with Crippen molar-refractivity contribution in [2.24, 2.45) is 0 Å². The van der Waals surface area contributed by atoms with Gasteiger partial charge in [0.05, 0.1) is 6.04 Å². The second-order valence-electron chi connectivity index (χ2n) is 10.7. The number of H-pyrrole nitrogens is 1. The van der Waals surface area contributed by atoms with E-state index in [0.29, 0.717) is 6.42 Å². The Morgan fingerprint density at radius 1 is 0.725 bits per heavy atom. The maximum Gasteiger partial charge on any atom is 0.223 e. The van der Waals surface area contributed by atoms with Crippen LogP contribution in [0.15, 0.2) is 115 Å². The van der Waals surface area contributed by atoms with Gasteiger partial charge in [0, 0.05) is 55.6 Å². The van der Waals surface area contributed by atoms with E-state index in [0.717, 1.165) is 32.6 Å². The van der Waals surface area contributed by atoms with E-state index < -0.39 is 0 Å². The van der Waals surface area contributed by atoms with Crippen molar-refractivity contribution < 1.29 is 4.79 Å². The highest BCUT2D eigenvalue weighted by Crippen LogP contribution is 2.35. The first-order valence-corrected chi connectivity index (χ1v) is 14.5. The first-order valence-electron chi connectivity index (χ1n) is 14.5. The number of piperazine rings is 1. The number of nitrogens with one attached hydrogen (secondary N) is 1. The minimum absolute atomic E-state index is 0.00831. The third kappa shape index (κ3) is 5.32. The quantitative estimate of drug-likeness (QED) is 0.232. The highest BCUT2D eigenvalue weighted by Gasteiger charge is 2.30. The predicted molar refractivity (Wildman–Crippen MR) is 163 cm³/mol. The lowest BCUT2D eigenvalue weighted by atomic mass is 9.87. The molecule has 1 aromatic heterocycles. The summed E-state index contributed by atoms with van der Waals surface area (Å²) >= 11 is 0. The Morgan fingerprint density at radius 2 is 1.30 bits per heavy atom. The molecule has 40 heavy (non-hydrogen) atoms. The fourth-order valence-corrected chi connectivity index (χ4v) is 6.33. The fraction of sp³-hybridized carbons (Fsp3) is 0.250. The van der Waals surface area contributed by atoms with Gasteiger partial charge in [0.15, 0.2) is 0 Å². The zero-order valence-corrected chi connectivity index (χ0v) is 23.2. The fourth-order valence-electron chi connectivity index (χ4n) is 6.33. The van der Waals surface area contributed by atoms with E-state index in [-0.39, 0.29) is 17.9 Å². The molecular weight excluding hydrogens is 490 g/mol. The molecule has 2 heterocycles. The minimum atomic E-state index is 0.00831. The Labute approximate surface area is 237 Å². The molecule has 1 fully saturated rings. The molecule has 0 spiro atoms. The van der Waals surface area contributed by atoms with E-state index >= 15 is 0 Å². The summed E-state index contributed by atoms with van der Waals surface area (Å²) in [6.07, 6.45) is 3.56. The SMILES string of the molecule is CCc1cccc2c(C(CC(=O)N3CCN(C(c4ccccc4)c4ccccc4)CC3)c3ccccc3)c[nH]c12. The molecule has 4 aromatic carbocycles. The molecule has 0 bridgehead atoms. The van der Waals surface area contributed by atoms with Crippen molar-refractivity contribution in [3.05, 3.63) is 143 Å². The summed E-state index contributed by atoms with van der Waals surface area (Å²) in [5.74, 6) is 0.236. The molecule has 1 N–H and O–H groups in total. The standard InChI is InChI=1S/C36H37N3O/c1-2-27-19-12-20-31-33(26-37-35(27)31)32(28-13-6-3-7-14-28)25-34(40)38-21-23-39(24-22-38)36(29-15-8-4-9-16-29)30-17-10-5-11-18-30/h3-20,26,32,36-37H,2,21-25H2,1H3. The van der Waals surface area contributed by atoms with Gasteiger partial charge in [0.1, 0.15) is 0 Å². The van der Waals surface area contributed by atoms with Crippen molar-refractivity contribution in [3.8, 4) is 0 Å². The van der Waals surface area contributed by atoms with Crippen LogP contribution < -0.4 is 0 Å². The number of rotatable bonds is 8. The zero-order chi connectivity index (χ0) is 27.3. The number of hydrogen-bond donors (Lipinski definition) is 1. The van der Waals surface area contributed by atoms with Gasteiger partial charge in [-0.15, -0.1) is 0 Å². The van der Waals surface area contributed by atoms with Crippen LogP contribution in [0.5, 0.6) is 0 Å². The number of nitrogens with zero attached hydrogens (tertiary/aromatic N) is 2. The number of carbonyl (C=O) groups is 1. The van der Waals surface area contributed by atoms with Gasteiger partial charge in [-0.3, -0.25) is 9.69 Å². The molecular formula is C36H37N3O. The number of amides is 1. The van der Waals surface area contributed by atoms with Crippen LogP contribution in [0.25, 0.3) is 10.9 Å². The van der Waals surface area contributed by atoms with E-state index in [1.54, 1.807) is 0 Å². The number of para-hydroxylation sites is 1. The number of aryl methyl sites for hydroxylation is 1. The summed E-state index contributed by atoms with van der Waals surface area (Å²) in [4.78, 5) is 22.0. The van der Waals surface area contributed by atoms with Gasteiger partial charge in [-0.1, -0.05) is 116 Å². The summed E-state index contributed by atoms with van der Waals surface area (Å²) in [5.41, 5.74) is 7.48. The summed E-state index contributed by atoms with van der Waals surface area (Å²) in [7, 11) is 0. The van der Waals surface area contributed by atoms with Gasteiger partial charge < -0.3 is 9.88 Å². The molecule has 0 aliphatic carbocycles. The molecule has 0 saturated carbocycles. The molecule has 202 valence electrons. The summed E-state index contributed by atoms with van der Waals surface area (Å²) in [6.45, 7) is 5.37. The second kappa shape index (κ2) is 11.9. The monoisotopic (exact) mass is 527 g/mol. The Balaban J connectivity index is 1.22. The molecule has 1 aliphatic heterocycles. The summed E-state index contributed by atoms with van der Waals surface area (Å²) in [6, 6.07) is 38.7. The number of carbonyl (C=O) groups excluding carboxylic acids is 1. The van der Waals surface area contributed by atoms with Crippen LogP contribution in [0, 0.1) is 0 Å². The molecule has 5 aromatic rings. The Morgan fingerprint density at radius 3 is 1.88 bits per heavy atom. The van der Waals surface area contributed by atoms with E-state index in [1.807, 2.05) is 6.07 Å². The molecule has 1 saturated heterocycles. The van der Waals surface area contributed by atoms with Crippen molar-refractivity contribution in [2.75, 3.05) is 26.2 Å². The molecule has 1 aliphatic rings. The highest BCUT2D eigenvalue weighted by atomic mass is 16.2. The van der Waals surface area contributed by atoms with Crippen LogP contribution >= 0.6 is 0 Å². The van der Waals surface area contributed by atoms with Gasteiger partial charge in [-0.05, 0) is 34.2 Å². The van der Waals surface area contributed by atoms with Crippen molar-refractivity contribution in [1.29, 1.82) is 0 Å². The average Bonchev–Trinajstić information content (AvgIpc) is 3.46. The van der Waals surface area contributed by atoms with Crippen LogP contribution in [-0.2, 0) is 11.2 Å². The molecule has 4 nitrogen and oxygen atoms in total. The zero-order valence-electron chi connectivity index (χ0n) is 23.2.